The van der Waals surface area contributed by atoms with E-state index in [1.807, 2.05) is 0 Å². The third kappa shape index (κ3) is 7.70. The summed E-state index contributed by atoms with van der Waals surface area (Å²) in [6.45, 7) is 14.1. The molecule has 0 aromatic rings. The Morgan fingerprint density at radius 2 is 1.60 bits per heavy atom. The maximum absolute atomic E-state index is 2.42. The largest absolute Gasteiger partial charge is 0.0776 e. The first kappa shape index (κ1) is 22.3. The first-order chi connectivity index (χ1) is 8.38. The third-order valence-electron chi connectivity index (χ3n) is 5.02. The molecule has 0 aliphatic heterocycles. The van der Waals surface area contributed by atoms with Crippen LogP contribution < -0.4 is 0 Å². The summed E-state index contributed by atoms with van der Waals surface area (Å²) in [6.07, 6.45) is 10.3. The van der Waals surface area contributed by atoms with Gasteiger partial charge < -0.3 is 0 Å². The van der Waals surface area contributed by atoms with E-state index in [4.69, 9.17) is 0 Å². The molecular formula is C20H44. The highest BCUT2D eigenvalue weighted by Crippen LogP contribution is 2.47. The average Bonchev–Trinajstić information content (AvgIpc) is 2.95. The molecule has 20 heavy (non-hydrogen) atoms. The van der Waals surface area contributed by atoms with Crippen LogP contribution in [0.3, 0.4) is 0 Å². The zero-order valence-corrected chi connectivity index (χ0v) is 13.8. The fourth-order valence-corrected chi connectivity index (χ4v) is 3.60. The molecule has 0 heteroatoms. The summed E-state index contributed by atoms with van der Waals surface area (Å²) >= 11 is 0. The molecule has 2 aliphatic carbocycles. The molecule has 2 aliphatic rings. The van der Waals surface area contributed by atoms with Crippen LogP contribution in [-0.2, 0) is 0 Å². The molecule has 2 rings (SSSR count). The van der Waals surface area contributed by atoms with Gasteiger partial charge in [0.15, 0.2) is 0 Å². The van der Waals surface area contributed by atoms with Crippen molar-refractivity contribution < 1.29 is 0 Å². The molecule has 0 saturated heterocycles. The van der Waals surface area contributed by atoms with Gasteiger partial charge in [0.05, 0.1) is 0 Å². The molecule has 2 fully saturated rings. The molecule has 0 heterocycles. The van der Waals surface area contributed by atoms with Gasteiger partial charge in [-0.3, -0.25) is 0 Å². The van der Waals surface area contributed by atoms with E-state index in [2.05, 4.69) is 41.5 Å². The summed E-state index contributed by atoms with van der Waals surface area (Å²) in [5, 5.41) is 0. The highest BCUT2D eigenvalue weighted by molar-refractivity contribution is 4.88. The van der Waals surface area contributed by atoms with Gasteiger partial charge in [0.2, 0.25) is 0 Å². The summed E-state index contributed by atoms with van der Waals surface area (Å²) in [4.78, 5) is 0. The molecule has 0 radical (unpaired) electrons. The fraction of sp³-hybridized carbons (Fsp3) is 1.00. The van der Waals surface area contributed by atoms with E-state index >= 15 is 0 Å². The van der Waals surface area contributed by atoms with Crippen molar-refractivity contribution >= 4 is 0 Å². The summed E-state index contributed by atoms with van der Waals surface area (Å²) < 4.78 is 0. The topological polar surface area (TPSA) is 0 Å². The van der Waals surface area contributed by atoms with Crippen LogP contribution in [0.4, 0.5) is 0 Å². The number of rotatable bonds is 5. The molecule has 0 N–H and O–H groups in total. The molecule has 2 atom stereocenters. The Morgan fingerprint density at radius 3 is 1.80 bits per heavy atom. The lowest BCUT2D eigenvalue weighted by Gasteiger charge is -2.38. The Bertz CT molecular complexity index is 222. The second-order valence-corrected chi connectivity index (χ2v) is 7.95. The predicted octanol–water partition coefficient (Wildman–Crippen LogP) is 7.57. The van der Waals surface area contributed by atoms with Crippen molar-refractivity contribution in [2.45, 2.75) is 101 Å². The highest BCUT2D eigenvalue weighted by Gasteiger charge is 2.38. The molecule has 2 saturated carbocycles. The van der Waals surface area contributed by atoms with Gasteiger partial charge >= 0.3 is 0 Å². The number of hydrogen-bond donors (Lipinski definition) is 0. The Balaban J connectivity index is 0. The van der Waals surface area contributed by atoms with Crippen molar-refractivity contribution in [3.63, 3.8) is 0 Å². The summed E-state index contributed by atoms with van der Waals surface area (Å²) in [5.41, 5.74) is 0.773. The highest BCUT2D eigenvalue weighted by atomic mass is 14.4. The molecule has 0 nitrogen and oxygen atoms in total. The maximum atomic E-state index is 2.42. The van der Waals surface area contributed by atoms with Gasteiger partial charge in [0.1, 0.15) is 0 Å². The standard InChI is InChI=1S/C10H20.C8H16.2CH4/c1-7(2)5-9-6-10(9)8(3)4;1-3-5-8(2)6-4-7-8;;/h7-10H,5-6H2,1-4H3;3-7H2,1-2H3;2*1H4. The Labute approximate surface area is 131 Å². The van der Waals surface area contributed by atoms with Crippen LogP contribution in [0, 0.1) is 29.1 Å². The minimum absolute atomic E-state index is 0. The van der Waals surface area contributed by atoms with Gasteiger partial charge in [-0.1, -0.05) is 69.2 Å². The van der Waals surface area contributed by atoms with E-state index < -0.39 is 0 Å². The van der Waals surface area contributed by atoms with Crippen molar-refractivity contribution in [2.24, 2.45) is 29.1 Å². The van der Waals surface area contributed by atoms with Crippen LogP contribution in [-0.4, -0.2) is 0 Å². The SMILES string of the molecule is C.C.CC(C)CC1CC1C(C)C.CCCC1(C)CCC1. The summed E-state index contributed by atoms with van der Waals surface area (Å²) in [7, 11) is 0. The maximum Gasteiger partial charge on any atom is -0.0326 e. The Morgan fingerprint density at radius 1 is 1.05 bits per heavy atom. The molecule has 0 amide bonds. The first-order valence-electron chi connectivity index (χ1n) is 8.38. The molecule has 0 aromatic carbocycles. The normalized spacial score (nSPS) is 25.8. The molecular weight excluding hydrogens is 240 g/mol. The first-order valence-corrected chi connectivity index (χ1v) is 8.38. The van der Waals surface area contributed by atoms with Crippen molar-refractivity contribution in [3.05, 3.63) is 0 Å². The monoisotopic (exact) mass is 284 g/mol. The minimum Gasteiger partial charge on any atom is -0.0776 e. The zero-order valence-electron chi connectivity index (χ0n) is 13.8. The quantitative estimate of drug-likeness (QED) is 0.488. The van der Waals surface area contributed by atoms with E-state index in [-0.39, 0.29) is 14.9 Å². The smallest absolute Gasteiger partial charge is 0.0326 e. The van der Waals surface area contributed by atoms with Gasteiger partial charge in [-0.25, -0.2) is 0 Å². The van der Waals surface area contributed by atoms with Crippen LogP contribution in [0.2, 0.25) is 0 Å². The van der Waals surface area contributed by atoms with Crippen LogP contribution in [0.1, 0.15) is 101 Å². The lowest BCUT2D eigenvalue weighted by molar-refractivity contribution is 0.145. The third-order valence-corrected chi connectivity index (χ3v) is 5.02. The van der Waals surface area contributed by atoms with Gasteiger partial charge in [-0.2, -0.15) is 0 Å². The molecule has 0 aromatic heterocycles. The van der Waals surface area contributed by atoms with Crippen LogP contribution in [0.5, 0.6) is 0 Å². The summed E-state index contributed by atoms with van der Waals surface area (Å²) in [5.74, 6) is 4.00. The second kappa shape index (κ2) is 9.85. The Hall–Kier alpha value is 0. The van der Waals surface area contributed by atoms with Crippen molar-refractivity contribution in [1.29, 1.82) is 0 Å². The lowest BCUT2D eigenvalue weighted by atomic mass is 9.68. The van der Waals surface area contributed by atoms with Gasteiger partial charge in [-0.15, -0.1) is 0 Å². The fourth-order valence-electron chi connectivity index (χ4n) is 3.60. The minimum atomic E-state index is 0. The van der Waals surface area contributed by atoms with Crippen LogP contribution in [0.25, 0.3) is 0 Å². The van der Waals surface area contributed by atoms with Crippen LogP contribution >= 0.6 is 0 Å². The van der Waals surface area contributed by atoms with Crippen molar-refractivity contribution in [1.82, 2.24) is 0 Å². The predicted molar refractivity (Wildman–Crippen MR) is 96.2 cm³/mol. The molecule has 0 bridgehead atoms. The van der Waals surface area contributed by atoms with E-state index in [1.165, 1.54) is 44.9 Å². The second-order valence-electron chi connectivity index (χ2n) is 7.95. The Kier molecular flexibility index (Phi) is 11.0. The van der Waals surface area contributed by atoms with E-state index in [0.717, 1.165) is 29.1 Å². The van der Waals surface area contributed by atoms with Crippen molar-refractivity contribution in [3.8, 4) is 0 Å². The van der Waals surface area contributed by atoms with E-state index in [9.17, 15) is 0 Å². The van der Waals surface area contributed by atoms with Gasteiger partial charge in [0, 0.05) is 0 Å². The van der Waals surface area contributed by atoms with Gasteiger partial charge in [0.25, 0.3) is 0 Å². The van der Waals surface area contributed by atoms with Crippen LogP contribution in [0.15, 0.2) is 0 Å². The molecule has 0 spiro atoms. The lowest BCUT2D eigenvalue weighted by Crippen LogP contribution is -2.24. The molecule has 124 valence electrons. The molecule has 2 unspecified atom stereocenters. The van der Waals surface area contributed by atoms with E-state index in [0.29, 0.717) is 0 Å². The zero-order chi connectivity index (χ0) is 13.8. The summed E-state index contributed by atoms with van der Waals surface area (Å²) in [6, 6.07) is 0. The average molecular weight is 285 g/mol. The van der Waals surface area contributed by atoms with Gasteiger partial charge in [-0.05, 0) is 61.2 Å². The van der Waals surface area contributed by atoms with E-state index in [1.54, 1.807) is 0 Å². The number of hydrogen-bond acceptors (Lipinski definition) is 0. The van der Waals surface area contributed by atoms with Crippen molar-refractivity contribution in [2.75, 3.05) is 0 Å².